The summed E-state index contributed by atoms with van der Waals surface area (Å²) in [5.74, 6) is 3.72. The molecule has 3 N–H and O–H groups in total. The van der Waals surface area contributed by atoms with Crippen molar-refractivity contribution in [3.63, 3.8) is 0 Å². The summed E-state index contributed by atoms with van der Waals surface area (Å²) >= 11 is 0. The predicted molar refractivity (Wildman–Crippen MR) is 138 cm³/mol. The summed E-state index contributed by atoms with van der Waals surface area (Å²) in [7, 11) is 1.38. The number of rotatable bonds is 6. The third-order valence-electron chi connectivity index (χ3n) is 5.97. The summed E-state index contributed by atoms with van der Waals surface area (Å²) in [6.07, 6.45) is 2.29. The quantitative estimate of drug-likeness (QED) is 0.129. The minimum Gasteiger partial charge on any atom is -0.399 e. The van der Waals surface area contributed by atoms with Crippen molar-refractivity contribution in [2.24, 2.45) is 21.2 Å². The van der Waals surface area contributed by atoms with Gasteiger partial charge in [0.2, 0.25) is 5.96 Å². The molecule has 2 aromatic heterocycles. The number of piperazine rings is 1. The summed E-state index contributed by atoms with van der Waals surface area (Å²) in [6, 6.07) is 9.24. The molecule has 1 fully saturated rings. The number of H-pyrrole nitrogens is 1. The van der Waals surface area contributed by atoms with Crippen LogP contribution in [-0.4, -0.2) is 83.1 Å². The highest BCUT2D eigenvalue weighted by molar-refractivity contribution is 6.45. The zero-order valence-electron chi connectivity index (χ0n) is 20.4. The molecule has 37 heavy (non-hydrogen) atoms. The molecule has 3 heterocycles. The Balaban J connectivity index is 1.51. The van der Waals surface area contributed by atoms with Gasteiger partial charge < -0.3 is 25.5 Å². The average molecular weight is 508 g/mol. The number of nitrogens with zero attached hydrogens (tertiary/aromatic N) is 7. The van der Waals surface area contributed by atoms with E-state index in [2.05, 4.69) is 32.0 Å². The number of amides is 1. The summed E-state index contributed by atoms with van der Waals surface area (Å²) < 4.78 is 14.7. The van der Waals surface area contributed by atoms with Gasteiger partial charge in [0.05, 0.1) is 28.4 Å². The van der Waals surface area contributed by atoms with Crippen LogP contribution in [0.4, 0.5) is 10.1 Å². The molecule has 1 aliphatic heterocycles. The minimum atomic E-state index is -0.830. The lowest BCUT2D eigenvalue weighted by atomic mass is 10.1. The van der Waals surface area contributed by atoms with E-state index in [4.69, 9.17) is 10.7 Å². The minimum absolute atomic E-state index is 0.0271. The number of halogens is 1. The van der Waals surface area contributed by atoms with E-state index in [-0.39, 0.29) is 29.6 Å². The number of hydrogen-bond donors (Lipinski definition) is 2. The highest BCUT2D eigenvalue weighted by Crippen LogP contribution is 2.25. The Hall–Kier alpha value is -4.81. The second kappa shape index (κ2) is 10.8. The first-order chi connectivity index (χ1) is 17.9. The largest absolute Gasteiger partial charge is 0.399 e. The molecule has 0 atom stereocenters. The smallest absolute Gasteiger partial charge is 0.295 e. The zero-order valence-corrected chi connectivity index (χ0v) is 20.4. The van der Waals surface area contributed by atoms with Crippen LogP contribution >= 0.6 is 0 Å². The fourth-order valence-corrected chi connectivity index (χ4v) is 4.21. The van der Waals surface area contributed by atoms with Crippen LogP contribution < -0.4 is 10.9 Å². The second-order valence-electron chi connectivity index (χ2n) is 8.09. The van der Waals surface area contributed by atoms with Gasteiger partial charge >= 0.3 is 0 Å². The van der Waals surface area contributed by atoms with Crippen molar-refractivity contribution in [2.45, 2.75) is 6.92 Å². The maximum atomic E-state index is 14.7. The number of aromatic nitrogens is 2. The number of oxime groups is 1. The van der Waals surface area contributed by atoms with Gasteiger partial charge in [-0.05, 0) is 19.1 Å². The summed E-state index contributed by atoms with van der Waals surface area (Å²) in [5, 5.41) is 13.2. The van der Waals surface area contributed by atoms with E-state index in [0.29, 0.717) is 30.5 Å². The molecule has 0 unspecified atom stereocenters. The Bertz CT molecular complexity index is 1380. The normalized spacial score (nSPS) is 14.6. The van der Waals surface area contributed by atoms with Crippen LogP contribution in [0.15, 0.2) is 58.1 Å². The zero-order chi connectivity index (χ0) is 26.5. The van der Waals surface area contributed by atoms with Crippen LogP contribution in [0.3, 0.4) is 0 Å². The fraction of sp³-hybridized carbons (Fsp3) is 0.250. The van der Waals surface area contributed by atoms with Crippen molar-refractivity contribution in [3.05, 3.63) is 59.8 Å². The van der Waals surface area contributed by atoms with Crippen molar-refractivity contribution in [3.8, 4) is 0 Å². The lowest BCUT2D eigenvalue weighted by Gasteiger charge is -2.37. The van der Waals surface area contributed by atoms with Crippen molar-refractivity contribution in [1.29, 1.82) is 0 Å². The van der Waals surface area contributed by atoms with Crippen LogP contribution in [0, 0.1) is 5.82 Å². The van der Waals surface area contributed by atoms with Gasteiger partial charge in [-0.3, -0.25) is 9.59 Å². The van der Waals surface area contributed by atoms with Gasteiger partial charge in [0.15, 0.2) is 5.82 Å². The Morgan fingerprint density at radius 1 is 1.19 bits per heavy atom. The first-order valence-electron chi connectivity index (χ1n) is 11.3. The number of aromatic amines is 1. The number of ketones is 1. The average Bonchev–Trinajstić information content (AvgIpc) is 3.38. The molecular weight excluding hydrogens is 481 g/mol. The molecule has 1 amide bonds. The molecule has 12 nitrogen and oxygen atoms in total. The van der Waals surface area contributed by atoms with Crippen molar-refractivity contribution >= 4 is 46.7 Å². The number of hydrogen-bond acceptors (Lipinski definition) is 8. The van der Waals surface area contributed by atoms with Crippen LogP contribution in [-0.2, 0) is 9.63 Å². The van der Waals surface area contributed by atoms with Crippen molar-refractivity contribution in [2.75, 3.05) is 38.3 Å². The number of anilines is 1. The Labute approximate surface area is 211 Å². The monoisotopic (exact) mass is 507 g/mol. The molecule has 0 saturated carbocycles. The molecule has 0 bridgehead atoms. The van der Waals surface area contributed by atoms with E-state index in [1.165, 1.54) is 23.2 Å². The molecule has 0 radical (unpaired) electrons. The van der Waals surface area contributed by atoms with Crippen LogP contribution in [0.25, 0.3) is 10.9 Å². The van der Waals surface area contributed by atoms with Gasteiger partial charge in [-0.2, -0.15) is 10.1 Å². The lowest BCUT2D eigenvalue weighted by molar-refractivity contribution is -0.127. The highest BCUT2D eigenvalue weighted by Gasteiger charge is 2.32. The number of nitrogens with one attached hydrogen (secondary N) is 1. The SMILES string of the molecule is C=NN(/C(=N\N)N1CCN(C(=O)C(=O)c2c[nH]c3c(/C(C)=N/OC)ncc(F)c23)CC1)c1ccccc1. The van der Waals surface area contributed by atoms with Gasteiger partial charge in [-0.1, -0.05) is 23.4 Å². The number of carbonyl (C=O) groups excluding carboxylic acids is 2. The number of nitrogens with two attached hydrogens (primary N) is 1. The fourth-order valence-electron chi connectivity index (χ4n) is 4.21. The summed E-state index contributed by atoms with van der Waals surface area (Å²) in [4.78, 5) is 41.2. The van der Waals surface area contributed by atoms with Crippen molar-refractivity contribution < 1.29 is 18.8 Å². The Morgan fingerprint density at radius 2 is 1.86 bits per heavy atom. The third-order valence-corrected chi connectivity index (χ3v) is 5.97. The molecule has 0 aliphatic carbocycles. The number of pyridine rings is 1. The molecule has 1 aliphatic rings. The van der Waals surface area contributed by atoms with E-state index < -0.39 is 17.5 Å². The van der Waals surface area contributed by atoms with Gasteiger partial charge in [-0.25, -0.2) is 9.37 Å². The number of fused-ring (bicyclic) bond motifs is 1. The lowest BCUT2D eigenvalue weighted by Crippen LogP contribution is -2.55. The predicted octanol–water partition coefficient (Wildman–Crippen LogP) is 1.75. The van der Waals surface area contributed by atoms with Gasteiger partial charge in [-0.15, -0.1) is 5.10 Å². The Morgan fingerprint density at radius 3 is 2.49 bits per heavy atom. The maximum absolute atomic E-state index is 14.7. The number of Topliss-reactive ketones (excluding diaryl/α,β-unsaturated/α-hetero) is 1. The highest BCUT2D eigenvalue weighted by atomic mass is 19.1. The van der Waals surface area contributed by atoms with Gasteiger partial charge in [0.25, 0.3) is 11.7 Å². The standard InChI is InChI=1S/C24H26FN9O3/c1-15(31-37-3)20-21-19(18(25)14-29-20)17(13-28-21)22(35)23(36)32-9-11-33(12-10-32)24(30-26)34(27-2)16-7-5-4-6-8-16/h4-8,13-14,28H,2,9-12,26H2,1,3H3/b30-24-,31-15+. The number of benzene rings is 1. The van der Waals surface area contributed by atoms with E-state index in [0.717, 1.165) is 11.9 Å². The van der Waals surface area contributed by atoms with Crippen LogP contribution in [0.5, 0.6) is 0 Å². The number of carbonyl (C=O) groups is 2. The molecule has 1 aromatic carbocycles. The molecule has 192 valence electrons. The third kappa shape index (κ3) is 4.83. The van der Waals surface area contributed by atoms with E-state index in [9.17, 15) is 14.0 Å². The van der Waals surface area contributed by atoms with E-state index >= 15 is 0 Å². The van der Waals surface area contributed by atoms with Gasteiger partial charge in [0.1, 0.15) is 18.5 Å². The molecule has 3 aromatic rings. The molecule has 4 rings (SSSR count). The van der Waals surface area contributed by atoms with Crippen molar-refractivity contribution in [1.82, 2.24) is 19.8 Å². The molecule has 0 spiro atoms. The maximum Gasteiger partial charge on any atom is 0.295 e. The summed E-state index contributed by atoms with van der Waals surface area (Å²) in [5.41, 5.74) is 1.58. The van der Waals surface area contributed by atoms with E-state index in [1.54, 1.807) is 6.92 Å². The molecule has 13 heteroatoms. The number of hydrazone groups is 2. The van der Waals surface area contributed by atoms with E-state index in [1.807, 2.05) is 35.2 Å². The topological polar surface area (TPSA) is 145 Å². The number of guanidine groups is 1. The molecular formula is C24H26FN9O3. The van der Waals surface area contributed by atoms with Crippen LogP contribution in [0.2, 0.25) is 0 Å². The van der Waals surface area contributed by atoms with Crippen LogP contribution in [0.1, 0.15) is 23.0 Å². The first kappa shape index (κ1) is 25.3. The molecule has 1 saturated heterocycles. The Kier molecular flexibility index (Phi) is 7.41. The number of para-hydroxylation sites is 1. The first-order valence-corrected chi connectivity index (χ1v) is 11.3. The van der Waals surface area contributed by atoms with Gasteiger partial charge in [0, 0.05) is 39.1 Å². The summed E-state index contributed by atoms with van der Waals surface area (Å²) in [6.45, 7) is 6.38. The second-order valence-corrected chi connectivity index (χ2v) is 8.09.